The fraction of sp³-hybridized carbons (Fsp3) is 0.409. The second-order valence-corrected chi connectivity index (χ2v) is 9.38. The lowest BCUT2D eigenvalue weighted by Gasteiger charge is -2.31. The fourth-order valence-corrected chi connectivity index (χ4v) is 5.29. The van der Waals surface area contributed by atoms with Crippen molar-refractivity contribution in [2.75, 3.05) is 27.3 Å². The van der Waals surface area contributed by atoms with Gasteiger partial charge in [0.15, 0.2) is 0 Å². The van der Waals surface area contributed by atoms with Crippen molar-refractivity contribution < 1.29 is 27.1 Å². The van der Waals surface area contributed by atoms with Crippen molar-refractivity contribution in [3.8, 4) is 11.5 Å². The largest absolute Gasteiger partial charge is 0.497 e. The molecule has 168 valence electrons. The van der Waals surface area contributed by atoms with E-state index in [4.69, 9.17) is 9.47 Å². The third-order valence-electron chi connectivity index (χ3n) is 5.54. The topological polar surface area (TPSA) is 84.9 Å². The molecule has 1 fully saturated rings. The first-order valence-corrected chi connectivity index (χ1v) is 11.5. The average molecular weight is 451 g/mol. The average Bonchev–Trinajstić information content (AvgIpc) is 2.79. The molecule has 0 aromatic heterocycles. The Balaban J connectivity index is 1.64. The van der Waals surface area contributed by atoms with Gasteiger partial charge in [-0.3, -0.25) is 4.79 Å². The first-order chi connectivity index (χ1) is 14.8. The molecule has 1 amide bonds. The van der Waals surface area contributed by atoms with Gasteiger partial charge in [-0.15, -0.1) is 0 Å². The molecule has 2 aromatic carbocycles. The maximum atomic E-state index is 13.2. The first kappa shape index (κ1) is 23.0. The zero-order valence-corrected chi connectivity index (χ0v) is 18.6. The summed E-state index contributed by atoms with van der Waals surface area (Å²) in [6.45, 7) is 2.29. The summed E-state index contributed by atoms with van der Waals surface area (Å²) in [4.78, 5) is 12.7. The summed E-state index contributed by atoms with van der Waals surface area (Å²) in [6, 6.07) is 10.4. The fourth-order valence-electron chi connectivity index (χ4n) is 3.65. The number of nitrogens with zero attached hydrogens (tertiary/aromatic N) is 1. The summed E-state index contributed by atoms with van der Waals surface area (Å²) < 4.78 is 51.2. The van der Waals surface area contributed by atoms with Gasteiger partial charge in [0.1, 0.15) is 22.2 Å². The maximum Gasteiger partial charge on any atom is 0.246 e. The highest BCUT2D eigenvalue weighted by Gasteiger charge is 2.34. The predicted molar refractivity (Wildman–Crippen MR) is 114 cm³/mol. The minimum atomic E-state index is -3.80. The highest BCUT2D eigenvalue weighted by atomic mass is 32.2. The van der Waals surface area contributed by atoms with Gasteiger partial charge in [-0.1, -0.05) is 12.1 Å². The van der Waals surface area contributed by atoms with Crippen LogP contribution in [0, 0.1) is 11.7 Å². The van der Waals surface area contributed by atoms with E-state index < -0.39 is 10.0 Å². The number of carbonyl (C=O) groups excluding carboxylic acids is 1. The Kier molecular flexibility index (Phi) is 7.17. The van der Waals surface area contributed by atoms with Gasteiger partial charge in [0.2, 0.25) is 15.9 Å². The third-order valence-corrected chi connectivity index (χ3v) is 7.46. The van der Waals surface area contributed by atoms with Crippen molar-refractivity contribution in [1.82, 2.24) is 9.62 Å². The minimum absolute atomic E-state index is 0.0437. The van der Waals surface area contributed by atoms with Crippen molar-refractivity contribution >= 4 is 15.9 Å². The molecule has 9 heteroatoms. The van der Waals surface area contributed by atoms with Crippen molar-refractivity contribution in [3.05, 3.63) is 53.8 Å². The van der Waals surface area contributed by atoms with E-state index >= 15 is 0 Å². The molecule has 0 aliphatic carbocycles. The normalized spacial score (nSPS) is 16.5. The van der Waals surface area contributed by atoms with E-state index in [1.807, 2.05) is 6.92 Å². The predicted octanol–water partition coefficient (Wildman–Crippen LogP) is 3.12. The van der Waals surface area contributed by atoms with Crippen molar-refractivity contribution in [2.24, 2.45) is 5.92 Å². The summed E-state index contributed by atoms with van der Waals surface area (Å²) in [5.74, 6) is -0.0879. The van der Waals surface area contributed by atoms with E-state index in [2.05, 4.69) is 5.32 Å². The molecule has 0 saturated carbocycles. The standard InChI is InChI=1S/C22H27FN2O5S/c1-15(16-4-6-18(23)7-5-16)24-22(26)17-10-12-25(13-11-17)31(27,28)21-14-19(29-2)8-9-20(21)30-3/h4-9,14-15,17H,10-13H2,1-3H3,(H,24,26). The highest BCUT2D eigenvalue weighted by Crippen LogP contribution is 2.32. The molecule has 1 unspecified atom stereocenters. The van der Waals surface area contributed by atoms with Crippen LogP contribution in [0.1, 0.15) is 31.4 Å². The monoisotopic (exact) mass is 450 g/mol. The Bertz CT molecular complexity index is 1020. The van der Waals surface area contributed by atoms with Crippen LogP contribution in [0.25, 0.3) is 0 Å². The molecule has 31 heavy (non-hydrogen) atoms. The Morgan fingerprint density at radius 1 is 1.10 bits per heavy atom. The van der Waals surface area contributed by atoms with Crippen LogP contribution in [0.15, 0.2) is 47.4 Å². The Morgan fingerprint density at radius 3 is 2.32 bits per heavy atom. The summed E-state index contributed by atoms with van der Waals surface area (Å²) in [6.07, 6.45) is 0.820. The zero-order chi connectivity index (χ0) is 22.6. The van der Waals surface area contributed by atoms with Gasteiger partial charge in [-0.25, -0.2) is 12.8 Å². The van der Waals surface area contributed by atoms with Gasteiger partial charge in [-0.05, 0) is 49.6 Å². The van der Waals surface area contributed by atoms with Gasteiger partial charge < -0.3 is 14.8 Å². The molecule has 0 bridgehead atoms. The summed E-state index contributed by atoms with van der Waals surface area (Å²) >= 11 is 0. The SMILES string of the molecule is COc1ccc(OC)c(S(=O)(=O)N2CCC(C(=O)NC(C)c3ccc(F)cc3)CC2)c1. The third kappa shape index (κ3) is 5.16. The molecule has 7 nitrogen and oxygen atoms in total. The lowest BCUT2D eigenvalue weighted by atomic mass is 9.96. The number of hydrogen-bond acceptors (Lipinski definition) is 5. The molecule has 0 radical (unpaired) electrons. The van der Waals surface area contributed by atoms with E-state index in [0.717, 1.165) is 5.56 Å². The summed E-state index contributed by atoms with van der Waals surface area (Å²) in [5, 5.41) is 2.94. The van der Waals surface area contributed by atoms with Gasteiger partial charge in [0.25, 0.3) is 0 Å². The Hall–Kier alpha value is -2.65. The molecule has 0 spiro atoms. The van der Waals surface area contributed by atoms with E-state index in [1.54, 1.807) is 24.3 Å². The molecule has 2 aromatic rings. The molecule has 1 heterocycles. The summed E-state index contributed by atoms with van der Waals surface area (Å²) in [7, 11) is -0.912. The van der Waals surface area contributed by atoms with Crippen molar-refractivity contribution in [1.29, 1.82) is 0 Å². The quantitative estimate of drug-likeness (QED) is 0.701. The van der Waals surface area contributed by atoms with Crippen molar-refractivity contribution in [2.45, 2.75) is 30.7 Å². The first-order valence-electron chi connectivity index (χ1n) is 10.0. The summed E-state index contributed by atoms with van der Waals surface area (Å²) in [5.41, 5.74) is 0.805. The van der Waals surface area contributed by atoms with Crippen LogP contribution in [0.2, 0.25) is 0 Å². The molecule has 1 aliphatic rings. The van der Waals surface area contributed by atoms with Crippen LogP contribution in [-0.2, 0) is 14.8 Å². The molecule has 1 atom stereocenters. The lowest BCUT2D eigenvalue weighted by Crippen LogP contribution is -2.43. The smallest absolute Gasteiger partial charge is 0.246 e. The lowest BCUT2D eigenvalue weighted by molar-refractivity contribution is -0.126. The van der Waals surface area contributed by atoms with Crippen LogP contribution < -0.4 is 14.8 Å². The molecule has 1 saturated heterocycles. The number of halogens is 1. The molecule has 1 N–H and O–H groups in total. The van der Waals surface area contributed by atoms with Crippen LogP contribution in [0.5, 0.6) is 11.5 Å². The number of sulfonamides is 1. The molecular weight excluding hydrogens is 423 g/mol. The molecular formula is C22H27FN2O5S. The van der Waals surface area contributed by atoms with Gasteiger partial charge in [-0.2, -0.15) is 4.31 Å². The second-order valence-electron chi connectivity index (χ2n) is 7.48. The number of piperidine rings is 1. The van der Waals surface area contributed by atoms with Crippen LogP contribution in [0.3, 0.4) is 0 Å². The number of benzene rings is 2. The Labute approximate surface area is 182 Å². The molecule has 3 rings (SSSR count). The number of amides is 1. The number of nitrogens with one attached hydrogen (secondary N) is 1. The minimum Gasteiger partial charge on any atom is -0.497 e. The van der Waals surface area contributed by atoms with Gasteiger partial charge in [0, 0.05) is 25.1 Å². The van der Waals surface area contributed by atoms with Gasteiger partial charge in [0.05, 0.1) is 20.3 Å². The number of hydrogen-bond donors (Lipinski definition) is 1. The zero-order valence-electron chi connectivity index (χ0n) is 17.8. The number of ether oxygens (including phenoxy) is 2. The van der Waals surface area contributed by atoms with E-state index in [-0.39, 0.29) is 47.4 Å². The Morgan fingerprint density at radius 2 is 1.74 bits per heavy atom. The number of rotatable bonds is 7. The van der Waals surface area contributed by atoms with Crippen LogP contribution in [-0.4, -0.2) is 45.9 Å². The van der Waals surface area contributed by atoms with E-state index in [9.17, 15) is 17.6 Å². The number of carbonyl (C=O) groups is 1. The second kappa shape index (κ2) is 9.65. The van der Waals surface area contributed by atoms with Gasteiger partial charge >= 0.3 is 0 Å². The maximum absolute atomic E-state index is 13.2. The van der Waals surface area contributed by atoms with E-state index in [0.29, 0.717) is 18.6 Å². The highest BCUT2D eigenvalue weighted by molar-refractivity contribution is 7.89. The van der Waals surface area contributed by atoms with Crippen LogP contribution in [0.4, 0.5) is 4.39 Å². The van der Waals surface area contributed by atoms with Crippen molar-refractivity contribution in [3.63, 3.8) is 0 Å². The molecule has 1 aliphatic heterocycles. The number of methoxy groups -OCH3 is 2. The van der Waals surface area contributed by atoms with E-state index in [1.165, 1.54) is 36.7 Å². The van der Waals surface area contributed by atoms with Crippen LogP contribution >= 0.6 is 0 Å².